The van der Waals surface area contributed by atoms with E-state index in [9.17, 15) is 14.4 Å². The second-order valence-electron chi connectivity index (χ2n) is 5.09. The van der Waals surface area contributed by atoms with Gasteiger partial charge in [0.15, 0.2) is 0 Å². The van der Waals surface area contributed by atoms with Crippen molar-refractivity contribution in [1.29, 1.82) is 0 Å². The Morgan fingerprint density at radius 3 is 2.09 bits per heavy atom. The summed E-state index contributed by atoms with van der Waals surface area (Å²) in [6.07, 6.45) is 0. The van der Waals surface area contributed by atoms with Crippen molar-refractivity contribution in [3.05, 3.63) is 76.1 Å². The van der Waals surface area contributed by atoms with Gasteiger partial charge >= 0.3 is 0 Å². The van der Waals surface area contributed by atoms with Crippen molar-refractivity contribution in [1.82, 2.24) is 4.98 Å². The molecule has 106 valence electrons. The first-order valence-corrected chi connectivity index (χ1v) is 6.76. The number of nitrogens with one attached hydrogen (secondary N) is 1. The maximum Gasteiger partial charge on any atom is 0.266 e. The summed E-state index contributed by atoms with van der Waals surface area (Å²) in [5.74, 6) is -0.698. The van der Waals surface area contributed by atoms with E-state index in [0.29, 0.717) is 22.3 Å². The number of amides is 2. The lowest BCUT2D eigenvalue weighted by molar-refractivity contribution is 0.0926. The number of anilines is 1. The predicted octanol–water partition coefficient (Wildman–Crippen LogP) is 2.33. The van der Waals surface area contributed by atoms with Crippen LogP contribution in [0.4, 0.5) is 5.69 Å². The number of carbonyl (C=O) groups is 2. The van der Waals surface area contributed by atoms with Crippen molar-refractivity contribution in [2.45, 2.75) is 0 Å². The van der Waals surface area contributed by atoms with Crippen molar-refractivity contribution in [2.75, 3.05) is 4.90 Å². The van der Waals surface area contributed by atoms with Crippen LogP contribution in [-0.2, 0) is 0 Å². The number of carbonyl (C=O) groups excluding carboxylic acids is 2. The number of fused-ring (bicyclic) bond motifs is 2. The van der Waals surface area contributed by atoms with Gasteiger partial charge in [-0.05, 0) is 35.7 Å². The molecule has 1 aliphatic rings. The fraction of sp³-hybridized carbons (Fsp3) is 0. The molecular formula is C17H10N2O3. The molecule has 0 bridgehead atoms. The van der Waals surface area contributed by atoms with E-state index in [-0.39, 0.29) is 17.4 Å². The average Bonchev–Trinajstić information content (AvgIpc) is 2.79. The van der Waals surface area contributed by atoms with Gasteiger partial charge in [-0.25, -0.2) is 4.90 Å². The average molecular weight is 290 g/mol. The number of pyridine rings is 1. The third-order valence-electron chi connectivity index (χ3n) is 3.76. The number of imide groups is 1. The molecule has 1 N–H and O–H groups in total. The SMILES string of the molecule is O=C1c2ccccc2C(=O)N1c1ccc2ccc(=O)[nH]c2c1. The van der Waals surface area contributed by atoms with E-state index >= 15 is 0 Å². The van der Waals surface area contributed by atoms with Gasteiger partial charge in [-0.15, -0.1) is 0 Å². The minimum Gasteiger partial charge on any atom is -0.322 e. The van der Waals surface area contributed by atoms with Gasteiger partial charge in [0, 0.05) is 6.07 Å². The molecule has 5 nitrogen and oxygen atoms in total. The van der Waals surface area contributed by atoms with E-state index in [0.717, 1.165) is 10.3 Å². The van der Waals surface area contributed by atoms with E-state index in [1.54, 1.807) is 48.5 Å². The number of rotatable bonds is 1. The smallest absolute Gasteiger partial charge is 0.266 e. The summed E-state index contributed by atoms with van der Waals surface area (Å²) in [5.41, 5.74) is 1.59. The highest BCUT2D eigenvalue weighted by Gasteiger charge is 2.36. The number of benzene rings is 2. The molecule has 0 unspecified atom stereocenters. The fourth-order valence-electron chi connectivity index (χ4n) is 2.70. The lowest BCUT2D eigenvalue weighted by Crippen LogP contribution is -2.29. The molecule has 0 saturated heterocycles. The second kappa shape index (κ2) is 4.39. The molecule has 0 fully saturated rings. The summed E-state index contributed by atoms with van der Waals surface area (Å²) < 4.78 is 0. The zero-order chi connectivity index (χ0) is 15.3. The second-order valence-corrected chi connectivity index (χ2v) is 5.09. The Bertz CT molecular complexity index is 969. The van der Waals surface area contributed by atoms with Crippen molar-refractivity contribution in [3.8, 4) is 0 Å². The van der Waals surface area contributed by atoms with E-state index < -0.39 is 0 Å². The quantitative estimate of drug-likeness (QED) is 0.699. The highest BCUT2D eigenvalue weighted by Crippen LogP contribution is 2.29. The first-order chi connectivity index (χ1) is 10.6. The van der Waals surface area contributed by atoms with Gasteiger partial charge in [0.05, 0.1) is 22.3 Å². The predicted molar refractivity (Wildman–Crippen MR) is 82.2 cm³/mol. The Hall–Kier alpha value is -3.21. The molecule has 2 aromatic carbocycles. The molecule has 2 heterocycles. The van der Waals surface area contributed by atoms with Crippen molar-refractivity contribution in [3.63, 3.8) is 0 Å². The zero-order valence-electron chi connectivity index (χ0n) is 11.4. The van der Waals surface area contributed by atoms with E-state index in [1.165, 1.54) is 6.07 Å². The van der Waals surface area contributed by atoms with Crippen molar-refractivity contribution < 1.29 is 9.59 Å². The maximum atomic E-state index is 12.4. The minimum atomic E-state index is -0.349. The van der Waals surface area contributed by atoms with Crippen LogP contribution in [0.15, 0.2) is 59.4 Å². The number of H-pyrrole nitrogens is 1. The summed E-state index contributed by atoms with van der Waals surface area (Å²) in [4.78, 5) is 40.1. The van der Waals surface area contributed by atoms with E-state index in [4.69, 9.17) is 0 Å². The highest BCUT2D eigenvalue weighted by atomic mass is 16.2. The first-order valence-electron chi connectivity index (χ1n) is 6.76. The van der Waals surface area contributed by atoms with Crippen LogP contribution in [0.25, 0.3) is 10.9 Å². The molecule has 0 spiro atoms. The number of aromatic amines is 1. The van der Waals surface area contributed by atoms with Crippen molar-refractivity contribution >= 4 is 28.4 Å². The molecule has 4 rings (SSSR count). The van der Waals surface area contributed by atoms with Crippen LogP contribution in [0.3, 0.4) is 0 Å². The molecule has 0 atom stereocenters. The van der Waals surface area contributed by atoms with Gasteiger partial charge in [-0.1, -0.05) is 18.2 Å². The molecule has 1 aromatic heterocycles. The molecule has 2 amide bonds. The minimum absolute atomic E-state index is 0.230. The van der Waals surface area contributed by atoms with Crippen molar-refractivity contribution in [2.24, 2.45) is 0 Å². The Kier molecular flexibility index (Phi) is 2.50. The number of aromatic nitrogens is 1. The Balaban J connectivity index is 1.88. The number of nitrogens with zero attached hydrogens (tertiary/aromatic N) is 1. The summed E-state index contributed by atoms with van der Waals surface area (Å²) in [6.45, 7) is 0. The summed E-state index contributed by atoms with van der Waals surface area (Å²) in [6, 6.07) is 15.0. The van der Waals surface area contributed by atoms with Gasteiger partial charge in [0.2, 0.25) is 5.56 Å². The van der Waals surface area contributed by atoms with Crippen LogP contribution >= 0.6 is 0 Å². The van der Waals surface area contributed by atoms with E-state index in [2.05, 4.69) is 4.98 Å². The molecule has 0 radical (unpaired) electrons. The van der Waals surface area contributed by atoms with Crippen LogP contribution in [0, 0.1) is 0 Å². The molecular weight excluding hydrogens is 280 g/mol. The third-order valence-corrected chi connectivity index (χ3v) is 3.76. The largest absolute Gasteiger partial charge is 0.322 e. The highest BCUT2D eigenvalue weighted by molar-refractivity contribution is 6.34. The van der Waals surface area contributed by atoms with Gasteiger partial charge in [0.1, 0.15) is 0 Å². The number of hydrogen-bond donors (Lipinski definition) is 1. The molecule has 0 aliphatic carbocycles. The molecule has 1 aliphatic heterocycles. The van der Waals surface area contributed by atoms with E-state index in [1.807, 2.05) is 0 Å². The van der Waals surface area contributed by atoms with Crippen LogP contribution in [0.5, 0.6) is 0 Å². The Morgan fingerprint density at radius 2 is 1.41 bits per heavy atom. The van der Waals surface area contributed by atoms with Crippen LogP contribution in [0.2, 0.25) is 0 Å². The maximum absolute atomic E-state index is 12.4. The van der Waals surface area contributed by atoms with Crippen LogP contribution < -0.4 is 10.5 Å². The number of hydrogen-bond acceptors (Lipinski definition) is 3. The molecule has 3 aromatic rings. The third kappa shape index (κ3) is 1.69. The molecule has 0 saturated carbocycles. The fourth-order valence-corrected chi connectivity index (χ4v) is 2.70. The topological polar surface area (TPSA) is 70.2 Å². The summed E-state index contributed by atoms with van der Waals surface area (Å²) in [7, 11) is 0. The standard InChI is InChI=1S/C17H10N2O3/c20-15-8-6-10-5-7-11(9-14(10)18-15)19-16(21)12-3-1-2-4-13(12)17(19)22/h1-9H,(H,18,20). The summed E-state index contributed by atoms with van der Waals surface area (Å²) in [5, 5.41) is 0.833. The Morgan fingerprint density at radius 1 is 0.773 bits per heavy atom. The van der Waals surface area contributed by atoms with Crippen LogP contribution in [-0.4, -0.2) is 16.8 Å². The van der Waals surface area contributed by atoms with Gasteiger partial charge in [-0.3, -0.25) is 14.4 Å². The lowest BCUT2D eigenvalue weighted by Gasteiger charge is -2.14. The summed E-state index contributed by atoms with van der Waals surface area (Å²) >= 11 is 0. The molecule has 22 heavy (non-hydrogen) atoms. The monoisotopic (exact) mass is 290 g/mol. The Labute approximate surface area is 124 Å². The lowest BCUT2D eigenvalue weighted by atomic mass is 10.1. The first kappa shape index (κ1) is 12.5. The van der Waals surface area contributed by atoms with Gasteiger partial charge < -0.3 is 4.98 Å². The van der Waals surface area contributed by atoms with Gasteiger partial charge in [0.25, 0.3) is 11.8 Å². The zero-order valence-corrected chi connectivity index (χ0v) is 11.4. The molecule has 5 heteroatoms. The normalized spacial score (nSPS) is 13.7. The van der Waals surface area contributed by atoms with Gasteiger partial charge in [-0.2, -0.15) is 0 Å². The van der Waals surface area contributed by atoms with Crippen LogP contribution in [0.1, 0.15) is 20.7 Å².